The van der Waals surface area contributed by atoms with Crippen molar-refractivity contribution in [2.24, 2.45) is 0 Å². The van der Waals surface area contributed by atoms with E-state index in [1.165, 1.54) is 12.0 Å². The highest BCUT2D eigenvalue weighted by Gasteiger charge is 2.49. The summed E-state index contributed by atoms with van der Waals surface area (Å²) in [6.07, 6.45) is 3.80. The Kier molecular flexibility index (Phi) is 6.81. The van der Waals surface area contributed by atoms with Gasteiger partial charge in [0.1, 0.15) is 11.5 Å². The molecule has 0 aliphatic carbocycles. The number of ketones is 1. The molecule has 2 aromatic rings. The van der Waals surface area contributed by atoms with E-state index in [9.17, 15) is 19.5 Å². The molecule has 178 valence electrons. The predicted octanol–water partition coefficient (Wildman–Crippen LogP) is 3.13. The van der Waals surface area contributed by atoms with Gasteiger partial charge >= 0.3 is 6.09 Å². The van der Waals surface area contributed by atoms with E-state index < -0.39 is 17.7 Å². The second kappa shape index (κ2) is 9.94. The molecule has 9 nitrogen and oxygen atoms in total. The zero-order valence-electron chi connectivity index (χ0n) is 19.1. The number of benzene rings is 1. The maximum absolute atomic E-state index is 13.2. The summed E-state index contributed by atoms with van der Waals surface area (Å²) in [6.45, 7) is 2.86. The smallest absolute Gasteiger partial charge is 0.409 e. The Balaban J connectivity index is 1.70. The first-order chi connectivity index (χ1) is 16.5. The van der Waals surface area contributed by atoms with Gasteiger partial charge in [-0.05, 0) is 55.7 Å². The van der Waals surface area contributed by atoms with Crippen LogP contribution in [0, 0.1) is 0 Å². The number of carbonyl (C=O) groups is 3. The van der Waals surface area contributed by atoms with Crippen molar-refractivity contribution in [3.05, 3.63) is 65.5 Å². The fraction of sp³-hybridized carbons (Fsp3) is 0.360. The van der Waals surface area contributed by atoms with Crippen molar-refractivity contribution in [2.75, 3.05) is 26.8 Å². The standard InChI is InChI=1S/C25H27N3O6/c1-3-34-25(32)27-13-10-18(11-14-27)28-21(17-5-4-12-26-15-17)20(23(30)24(28)31)22(29)16-6-8-19(33-2)9-7-16/h4-9,12,15,18,21,29H,3,10-11,13-14H2,1-2H3/b22-20+. The lowest BCUT2D eigenvalue weighted by atomic mass is 9.94. The van der Waals surface area contributed by atoms with Crippen LogP contribution in [0.5, 0.6) is 5.75 Å². The predicted molar refractivity (Wildman–Crippen MR) is 123 cm³/mol. The minimum absolute atomic E-state index is 0.0241. The number of likely N-dealkylation sites (tertiary alicyclic amines) is 2. The molecule has 1 aromatic carbocycles. The number of hydrogen-bond acceptors (Lipinski definition) is 7. The molecule has 2 fully saturated rings. The summed E-state index contributed by atoms with van der Waals surface area (Å²) in [7, 11) is 1.54. The third kappa shape index (κ3) is 4.33. The monoisotopic (exact) mass is 465 g/mol. The third-order valence-corrected chi connectivity index (χ3v) is 6.23. The summed E-state index contributed by atoms with van der Waals surface area (Å²) in [5, 5.41) is 11.1. The Morgan fingerprint density at radius 1 is 1.15 bits per heavy atom. The van der Waals surface area contributed by atoms with Crippen LogP contribution in [0.4, 0.5) is 4.79 Å². The van der Waals surface area contributed by atoms with Gasteiger partial charge in [-0.25, -0.2) is 4.79 Å². The first kappa shape index (κ1) is 23.3. The van der Waals surface area contributed by atoms with Crippen molar-refractivity contribution in [1.82, 2.24) is 14.8 Å². The van der Waals surface area contributed by atoms with Crippen molar-refractivity contribution in [1.29, 1.82) is 0 Å². The first-order valence-electron chi connectivity index (χ1n) is 11.2. The molecule has 2 amide bonds. The van der Waals surface area contributed by atoms with Gasteiger partial charge in [-0.1, -0.05) is 6.07 Å². The summed E-state index contributed by atoms with van der Waals surface area (Å²) < 4.78 is 10.2. The van der Waals surface area contributed by atoms with E-state index in [0.29, 0.717) is 49.4 Å². The SMILES string of the molecule is CCOC(=O)N1CCC(N2C(=O)C(=O)/C(=C(/O)c3ccc(OC)cc3)C2c2cccnc2)CC1. The summed E-state index contributed by atoms with van der Waals surface area (Å²) >= 11 is 0. The molecule has 1 unspecified atom stereocenters. The lowest BCUT2D eigenvalue weighted by Gasteiger charge is -2.38. The Bertz CT molecular complexity index is 1090. The van der Waals surface area contributed by atoms with E-state index in [1.807, 2.05) is 0 Å². The van der Waals surface area contributed by atoms with Crippen LogP contribution in [0.25, 0.3) is 5.76 Å². The van der Waals surface area contributed by atoms with Crippen LogP contribution in [0.15, 0.2) is 54.4 Å². The van der Waals surface area contributed by atoms with Gasteiger partial charge in [0, 0.05) is 37.1 Å². The molecule has 1 aromatic heterocycles. The molecule has 0 saturated carbocycles. The van der Waals surface area contributed by atoms with Gasteiger partial charge in [0.2, 0.25) is 0 Å². The number of Topliss-reactive ketones (excluding diaryl/α,β-unsaturated/α-hetero) is 1. The van der Waals surface area contributed by atoms with Gasteiger partial charge < -0.3 is 24.4 Å². The number of amides is 2. The Hall–Kier alpha value is -3.88. The Labute approximate surface area is 197 Å². The fourth-order valence-electron chi connectivity index (χ4n) is 4.54. The van der Waals surface area contributed by atoms with Crippen molar-refractivity contribution >= 4 is 23.5 Å². The number of nitrogens with zero attached hydrogens (tertiary/aromatic N) is 3. The molecule has 2 aliphatic heterocycles. The van der Waals surface area contributed by atoms with Gasteiger partial charge in [-0.3, -0.25) is 14.6 Å². The van der Waals surface area contributed by atoms with Gasteiger partial charge in [0.25, 0.3) is 11.7 Å². The first-order valence-corrected chi connectivity index (χ1v) is 11.2. The molecule has 1 N–H and O–H groups in total. The lowest BCUT2D eigenvalue weighted by molar-refractivity contribution is -0.142. The molecular formula is C25H27N3O6. The number of aliphatic hydroxyl groups excluding tert-OH is 1. The van der Waals surface area contributed by atoms with Crippen molar-refractivity contribution < 1.29 is 29.0 Å². The molecule has 0 bridgehead atoms. The average molecular weight is 466 g/mol. The molecule has 9 heteroatoms. The molecule has 1 atom stereocenters. The summed E-state index contributed by atoms with van der Waals surface area (Å²) in [4.78, 5) is 45.8. The second-order valence-electron chi connectivity index (χ2n) is 8.14. The largest absolute Gasteiger partial charge is 0.507 e. The maximum atomic E-state index is 13.2. The zero-order valence-corrected chi connectivity index (χ0v) is 19.1. The van der Waals surface area contributed by atoms with Gasteiger partial charge in [0.05, 0.1) is 25.3 Å². The van der Waals surface area contributed by atoms with Crippen LogP contribution in [0.1, 0.15) is 36.9 Å². The number of ether oxygens (including phenoxy) is 2. The second-order valence-corrected chi connectivity index (χ2v) is 8.14. The number of pyridine rings is 1. The van der Waals surface area contributed by atoms with Gasteiger partial charge in [-0.2, -0.15) is 0 Å². The molecule has 2 aliphatic rings. The Morgan fingerprint density at radius 3 is 2.44 bits per heavy atom. The number of aromatic nitrogens is 1. The molecule has 34 heavy (non-hydrogen) atoms. The lowest BCUT2D eigenvalue weighted by Crippen LogP contribution is -2.48. The van der Waals surface area contributed by atoms with Crippen LogP contribution in [0.2, 0.25) is 0 Å². The highest BCUT2D eigenvalue weighted by atomic mass is 16.6. The normalized spacial score (nSPS) is 20.5. The zero-order chi connectivity index (χ0) is 24.2. The topological polar surface area (TPSA) is 109 Å². The van der Waals surface area contributed by atoms with Crippen molar-refractivity contribution in [3.63, 3.8) is 0 Å². The summed E-state index contributed by atoms with van der Waals surface area (Å²) in [5.41, 5.74) is 1.06. The van der Waals surface area contributed by atoms with Gasteiger partial charge in [0.15, 0.2) is 0 Å². The number of piperidine rings is 1. The van der Waals surface area contributed by atoms with Crippen molar-refractivity contribution in [3.8, 4) is 5.75 Å². The number of aliphatic hydroxyl groups is 1. The van der Waals surface area contributed by atoms with Crippen LogP contribution in [-0.4, -0.2) is 70.5 Å². The number of rotatable bonds is 5. The molecule has 0 spiro atoms. The van der Waals surface area contributed by atoms with E-state index in [4.69, 9.17) is 9.47 Å². The third-order valence-electron chi connectivity index (χ3n) is 6.23. The maximum Gasteiger partial charge on any atom is 0.409 e. The van der Waals surface area contributed by atoms with E-state index in [2.05, 4.69) is 4.98 Å². The summed E-state index contributed by atoms with van der Waals surface area (Å²) in [5.74, 6) is -1.05. The van der Waals surface area contributed by atoms with Crippen molar-refractivity contribution in [2.45, 2.75) is 31.8 Å². The van der Waals surface area contributed by atoms with E-state index in [1.54, 1.807) is 60.6 Å². The van der Waals surface area contributed by atoms with Gasteiger partial charge in [-0.15, -0.1) is 0 Å². The van der Waals surface area contributed by atoms with E-state index in [0.717, 1.165) is 0 Å². The number of carbonyl (C=O) groups excluding carboxylic acids is 3. The van der Waals surface area contributed by atoms with Crippen LogP contribution >= 0.6 is 0 Å². The quantitative estimate of drug-likeness (QED) is 0.410. The number of hydrogen-bond donors (Lipinski definition) is 1. The van der Waals surface area contributed by atoms with Crippen LogP contribution in [-0.2, 0) is 14.3 Å². The van der Waals surface area contributed by atoms with Crippen LogP contribution < -0.4 is 4.74 Å². The Morgan fingerprint density at radius 2 is 1.85 bits per heavy atom. The van der Waals surface area contributed by atoms with E-state index >= 15 is 0 Å². The molecule has 2 saturated heterocycles. The average Bonchev–Trinajstić information content (AvgIpc) is 3.14. The minimum atomic E-state index is -0.782. The summed E-state index contributed by atoms with van der Waals surface area (Å²) in [6, 6.07) is 9.07. The number of methoxy groups -OCH3 is 1. The van der Waals surface area contributed by atoms with Crippen LogP contribution in [0.3, 0.4) is 0 Å². The highest BCUT2D eigenvalue weighted by Crippen LogP contribution is 2.42. The molecule has 0 radical (unpaired) electrons. The molecule has 4 rings (SSSR count). The van der Waals surface area contributed by atoms with E-state index in [-0.39, 0.29) is 23.5 Å². The fourth-order valence-corrected chi connectivity index (χ4v) is 4.54. The molecule has 3 heterocycles. The minimum Gasteiger partial charge on any atom is -0.507 e. The highest BCUT2D eigenvalue weighted by molar-refractivity contribution is 6.46. The molecular weight excluding hydrogens is 438 g/mol.